The summed E-state index contributed by atoms with van der Waals surface area (Å²) in [6, 6.07) is 3.60. The quantitative estimate of drug-likeness (QED) is 0.789. The molecule has 5 nitrogen and oxygen atoms in total. The van der Waals surface area contributed by atoms with Crippen LogP contribution in [-0.4, -0.2) is 55.1 Å². The van der Waals surface area contributed by atoms with Gasteiger partial charge in [-0.2, -0.15) is 0 Å². The van der Waals surface area contributed by atoms with Crippen molar-refractivity contribution in [2.24, 2.45) is 0 Å². The molecule has 1 aromatic heterocycles. The lowest BCUT2D eigenvalue weighted by Crippen LogP contribution is -2.46. The van der Waals surface area contributed by atoms with Gasteiger partial charge in [0.25, 0.3) is 5.91 Å². The number of nitrogens with zero attached hydrogens (tertiary/aromatic N) is 2. The second-order valence-electron chi connectivity index (χ2n) is 4.48. The van der Waals surface area contributed by atoms with Crippen molar-refractivity contribution in [1.82, 2.24) is 20.5 Å². The largest absolute Gasteiger partial charge is 0.351 e. The smallest absolute Gasteiger partial charge is 0.253 e. The van der Waals surface area contributed by atoms with Crippen LogP contribution >= 0.6 is 0 Å². The van der Waals surface area contributed by atoms with Crippen LogP contribution in [0.4, 0.5) is 0 Å². The highest BCUT2D eigenvalue weighted by Gasteiger charge is 2.11. The number of piperazine rings is 1. The molecule has 98 valence electrons. The zero-order chi connectivity index (χ0) is 12.8. The number of aryl methyl sites for hydroxylation is 1. The molecule has 0 aromatic carbocycles. The van der Waals surface area contributed by atoms with E-state index in [-0.39, 0.29) is 5.91 Å². The topological polar surface area (TPSA) is 57.3 Å². The van der Waals surface area contributed by atoms with Gasteiger partial charge in [-0.05, 0) is 19.1 Å². The highest BCUT2D eigenvalue weighted by atomic mass is 16.1. The third kappa shape index (κ3) is 3.51. The fraction of sp³-hybridized carbons (Fsp3) is 0.538. The minimum atomic E-state index is -0.0317. The van der Waals surface area contributed by atoms with Crippen LogP contribution in [0.2, 0.25) is 0 Å². The zero-order valence-corrected chi connectivity index (χ0v) is 10.8. The van der Waals surface area contributed by atoms with E-state index in [0.717, 1.165) is 38.4 Å². The molecule has 5 heteroatoms. The van der Waals surface area contributed by atoms with E-state index in [1.807, 2.05) is 13.0 Å². The molecule has 0 bridgehead atoms. The molecule has 0 radical (unpaired) electrons. The van der Waals surface area contributed by atoms with Crippen molar-refractivity contribution in [3.63, 3.8) is 0 Å². The molecule has 0 atom stereocenters. The Balaban J connectivity index is 1.76. The van der Waals surface area contributed by atoms with Crippen LogP contribution < -0.4 is 10.6 Å². The van der Waals surface area contributed by atoms with Crippen molar-refractivity contribution in [2.75, 3.05) is 39.3 Å². The molecule has 2 heterocycles. The van der Waals surface area contributed by atoms with E-state index in [0.29, 0.717) is 12.1 Å². The minimum Gasteiger partial charge on any atom is -0.351 e. The van der Waals surface area contributed by atoms with Gasteiger partial charge in [-0.15, -0.1) is 0 Å². The van der Waals surface area contributed by atoms with Crippen LogP contribution in [0.15, 0.2) is 18.3 Å². The number of carbonyl (C=O) groups is 1. The summed E-state index contributed by atoms with van der Waals surface area (Å²) >= 11 is 0. The summed E-state index contributed by atoms with van der Waals surface area (Å²) < 4.78 is 0. The first-order valence-electron chi connectivity index (χ1n) is 6.40. The van der Waals surface area contributed by atoms with Crippen LogP contribution in [0.3, 0.4) is 0 Å². The Bertz CT molecular complexity index is 402. The van der Waals surface area contributed by atoms with E-state index < -0.39 is 0 Å². The number of amides is 1. The van der Waals surface area contributed by atoms with E-state index >= 15 is 0 Å². The van der Waals surface area contributed by atoms with Crippen molar-refractivity contribution in [3.8, 4) is 0 Å². The van der Waals surface area contributed by atoms with Crippen LogP contribution in [0.5, 0.6) is 0 Å². The Labute approximate surface area is 108 Å². The highest BCUT2D eigenvalue weighted by molar-refractivity contribution is 5.95. The third-order valence-electron chi connectivity index (χ3n) is 3.17. The predicted octanol–water partition coefficient (Wildman–Crippen LogP) is 0.0250. The summed E-state index contributed by atoms with van der Waals surface area (Å²) in [6.07, 6.45) is 1.70. The first-order valence-corrected chi connectivity index (χ1v) is 6.40. The molecule has 1 fully saturated rings. The SMILES string of the molecule is Cc1ncccc1C(=O)NCCN1CCNCC1. The van der Waals surface area contributed by atoms with Gasteiger partial charge in [0.1, 0.15) is 0 Å². The van der Waals surface area contributed by atoms with Crippen LogP contribution in [0, 0.1) is 6.92 Å². The van der Waals surface area contributed by atoms with Gasteiger partial charge in [0.15, 0.2) is 0 Å². The number of nitrogens with one attached hydrogen (secondary N) is 2. The molecular weight excluding hydrogens is 228 g/mol. The third-order valence-corrected chi connectivity index (χ3v) is 3.17. The molecule has 2 rings (SSSR count). The van der Waals surface area contributed by atoms with Crippen LogP contribution in [0.1, 0.15) is 16.1 Å². The monoisotopic (exact) mass is 248 g/mol. The Morgan fingerprint density at radius 3 is 3.00 bits per heavy atom. The Hall–Kier alpha value is -1.46. The zero-order valence-electron chi connectivity index (χ0n) is 10.8. The van der Waals surface area contributed by atoms with Gasteiger partial charge in [0.2, 0.25) is 0 Å². The molecule has 2 N–H and O–H groups in total. The molecule has 1 aromatic rings. The molecule has 1 amide bonds. The highest BCUT2D eigenvalue weighted by Crippen LogP contribution is 2.02. The summed E-state index contributed by atoms with van der Waals surface area (Å²) in [4.78, 5) is 18.4. The van der Waals surface area contributed by atoms with Gasteiger partial charge in [-0.3, -0.25) is 14.7 Å². The Morgan fingerprint density at radius 1 is 1.50 bits per heavy atom. The molecule has 1 aliphatic rings. The lowest BCUT2D eigenvalue weighted by molar-refractivity contribution is 0.0946. The molecule has 0 saturated carbocycles. The maximum atomic E-state index is 11.9. The van der Waals surface area contributed by atoms with E-state index in [9.17, 15) is 4.79 Å². The Kier molecular flexibility index (Phi) is 4.66. The van der Waals surface area contributed by atoms with Crippen molar-refractivity contribution in [2.45, 2.75) is 6.92 Å². The van der Waals surface area contributed by atoms with Crippen molar-refractivity contribution >= 4 is 5.91 Å². The summed E-state index contributed by atoms with van der Waals surface area (Å²) in [5, 5.41) is 6.26. The van der Waals surface area contributed by atoms with Gasteiger partial charge in [-0.25, -0.2) is 0 Å². The minimum absolute atomic E-state index is 0.0317. The van der Waals surface area contributed by atoms with E-state index in [1.165, 1.54) is 0 Å². The average Bonchev–Trinajstić information content (AvgIpc) is 2.40. The molecule has 0 aliphatic carbocycles. The van der Waals surface area contributed by atoms with Crippen LogP contribution in [-0.2, 0) is 0 Å². The fourth-order valence-corrected chi connectivity index (χ4v) is 2.08. The van der Waals surface area contributed by atoms with Gasteiger partial charge < -0.3 is 10.6 Å². The second-order valence-corrected chi connectivity index (χ2v) is 4.48. The van der Waals surface area contributed by atoms with Crippen molar-refractivity contribution < 1.29 is 4.79 Å². The van der Waals surface area contributed by atoms with E-state index in [2.05, 4.69) is 20.5 Å². The number of hydrogen-bond donors (Lipinski definition) is 2. The normalized spacial score (nSPS) is 16.5. The molecule has 1 aliphatic heterocycles. The Morgan fingerprint density at radius 2 is 2.28 bits per heavy atom. The maximum absolute atomic E-state index is 11.9. The summed E-state index contributed by atoms with van der Waals surface area (Å²) in [7, 11) is 0. The fourth-order valence-electron chi connectivity index (χ4n) is 2.08. The molecule has 0 unspecified atom stereocenters. The van der Waals surface area contributed by atoms with Crippen molar-refractivity contribution in [3.05, 3.63) is 29.6 Å². The number of pyridine rings is 1. The maximum Gasteiger partial charge on any atom is 0.253 e. The number of carbonyl (C=O) groups excluding carboxylic acids is 1. The average molecular weight is 248 g/mol. The predicted molar refractivity (Wildman–Crippen MR) is 70.6 cm³/mol. The van der Waals surface area contributed by atoms with Gasteiger partial charge in [0, 0.05) is 51.2 Å². The molecular formula is C13H20N4O. The molecule has 18 heavy (non-hydrogen) atoms. The van der Waals surface area contributed by atoms with Crippen molar-refractivity contribution in [1.29, 1.82) is 0 Å². The number of aromatic nitrogens is 1. The first-order chi connectivity index (χ1) is 8.77. The lowest BCUT2D eigenvalue weighted by Gasteiger charge is -2.27. The summed E-state index contributed by atoms with van der Waals surface area (Å²) in [6.45, 7) is 7.64. The summed E-state index contributed by atoms with van der Waals surface area (Å²) in [5.74, 6) is -0.0317. The molecule has 1 saturated heterocycles. The second kappa shape index (κ2) is 6.47. The lowest BCUT2D eigenvalue weighted by atomic mass is 10.2. The number of hydrogen-bond acceptors (Lipinski definition) is 4. The first kappa shape index (κ1) is 13.0. The number of rotatable bonds is 4. The van der Waals surface area contributed by atoms with E-state index in [1.54, 1.807) is 12.3 Å². The van der Waals surface area contributed by atoms with Gasteiger partial charge >= 0.3 is 0 Å². The van der Waals surface area contributed by atoms with Crippen LogP contribution in [0.25, 0.3) is 0 Å². The van der Waals surface area contributed by atoms with E-state index in [4.69, 9.17) is 0 Å². The van der Waals surface area contributed by atoms with Gasteiger partial charge in [-0.1, -0.05) is 0 Å². The molecule has 0 spiro atoms. The summed E-state index contributed by atoms with van der Waals surface area (Å²) in [5.41, 5.74) is 1.44. The van der Waals surface area contributed by atoms with Gasteiger partial charge in [0.05, 0.1) is 5.56 Å². The standard InChI is InChI=1S/C13H20N4O/c1-11-12(3-2-4-15-11)13(18)16-7-10-17-8-5-14-6-9-17/h2-4,14H,5-10H2,1H3,(H,16,18).